The van der Waals surface area contributed by atoms with E-state index in [-0.39, 0.29) is 12.0 Å². The molecule has 1 aliphatic rings. The number of nitrogens with one attached hydrogen (secondary N) is 1. The van der Waals surface area contributed by atoms with Gasteiger partial charge in [-0.1, -0.05) is 24.3 Å². The molecule has 0 saturated carbocycles. The Hall–Kier alpha value is -2.44. The van der Waals surface area contributed by atoms with Crippen LogP contribution in [0.25, 0.3) is 10.2 Å². The lowest BCUT2D eigenvalue weighted by Crippen LogP contribution is -2.26. The van der Waals surface area contributed by atoms with Crippen LogP contribution in [0, 0.1) is 0 Å². The fourth-order valence-electron chi connectivity index (χ4n) is 3.30. The second-order valence-electron chi connectivity index (χ2n) is 6.88. The second-order valence-corrected chi connectivity index (χ2v) is 7.99. The summed E-state index contributed by atoms with van der Waals surface area (Å²) in [6.45, 7) is 1.89. The molecule has 0 radical (unpaired) electrons. The summed E-state index contributed by atoms with van der Waals surface area (Å²) in [5.41, 5.74) is 1.62. The third-order valence-electron chi connectivity index (χ3n) is 4.77. The molecule has 2 aromatic carbocycles. The summed E-state index contributed by atoms with van der Waals surface area (Å²) in [5.74, 6) is 0.508. The molecule has 28 heavy (non-hydrogen) atoms. The van der Waals surface area contributed by atoms with E-state index in [1.54, 1.807) is 17.4 Å². The highest BCUT2D eigenvalue weighted by atomic mass is 32.1. The van der Waals surface area contributed by atoms with Crippen molar-refractivity contribution in [1.29, 1.82) is 0 Å². The minimum Gasteiger partial charge on any atom is -0.490 e. The Balaban J connectivity index is 1.27. The van der Waals surface area contributed by atoms with Gasteiger partial charge in [-0.15, -0.1) is 11.3 Å². The quantitative estimate of drug-likeness (QED) is 0.579. The van der Waals surface area contributed by atoms with Gasteiger partial charge in [-0.05, 0) is 43.5 Å². The van der Waals surface area contributed by atoms with E-state index in [4.69, 9.17) is 9.47 Å². The molecule has 1 amide bonds. The van der Waals surface area contributed by atoms with Gasteiger partial charge < -0.3 is 14.8 Å². The Labute approximate surface area is 168 Å². The van der Waals surface area contributed by atoms with Crippen LogP contribution < -0.4 is 10.1 Å². The van der Waals surface area contributed by atoms with Gasteiger partial charge in [0, 0.05) is 19.6 Å². The fraction of sp³-hybridized carbons (Fsp3) is 0.364. The Bertz CT molecular complexity index is 901. The lowest BCUT2D eigenvalue weighted by atomic mass is 10.2. The number of carbonyl (C=O) groups is 1. The smallest absolute Gasteiger partial charge is 0.255 e. The molecule has 4 rings (SSSR count). The predicted molar refractivity (Wildman–Crippen MR) is 111 cm³/mol. The van der Waals surface area contributed by atoms with Crippen molar-refractivity contribution in [2.24, 2.45) is 0 Å². The molecule has 5 nitrogen and oxygen atoms in total. The normalized spacial score (nSPS) is 16.4. The summed E-state index contributed by atoms with van der Waals surface area (Å²) in [4.78, 5) is 17.2. The van der Waals surface area contributed by atoms with Crippen LogP contribution in [0.3, 0.4) is 0 Å². The number of rotatable bonds is 8. The molecule has 1 atom stereocenters. The average Bonchev–Trinajstić information content (AvgIpc) is 3.39. The summed E-state index contributed by atoms with van der Waals surface area (Å²) in [6.07, 6.45) is 3.93. The maximum atomic E-state index is 12.6. The number of hydrogen-bond acceptors (Lipinski definition) is 5. The van der Waals surface area contributed by atoms with Gasteiger partial charge in [0.25, 0.3) is 5.91 Å². The Kier molecular flexibility index (Phi) is 6.19. The number of thiazole rings is 1. The van der Waals surface area contributed by atoms with Crippen LogP contribution in [-0.4, -0.2) is 36.8 Å². The molecule has 1 N–H and O–H groups in total. The van der Waals surface area contributed by atoms with Crippen molar-refractivity contribution in [3.8, 4) is 5.75 Å². The van der Waals surface area contributed by atoms with Crippen LogP contribution in [-0.2, 0) is 11.2 Å². The fourth-order valence-corrected chi connectivity index (χ4v) is 4.31. The van der Waals surface area contributed by atoms with E-state index in [0.717, 1.165) is 42.8 Å². The summed E-state index contributed by atoms with van der Waals surface area (Å²) < 4.78 is 12.7. The number of carbonyl (C=O) groups excluding carboxylic acids is 1. The number of ether oxygens (including phenoxy) is 2. The number of hydrogen-bond donors (Lipinski definition) is 1. The first-order chi connectivity index (χ1) is 13.8. The number of fused-ring (bicyclic) bond motifs is 1. The number of aryl methyl sites for hydroxylation is 1. The van der Waals surface area contributed by atoms with Crippen LogP contribution in [0.15, 0.2) is 48.5 Å². The van der Waals surface area contributed by atoms with Crippen LogP contribution in [0.5, 0.6) is 5.75 Å². The highest BCUT2D eigenvalue weighted by molar-refractivity contribution is 7.18. The van der Waals surface area contributed by atoms with E-state index >= 15 is 0 Å². The molecule has 0 bridgehead atoms. The van der Waals surface area contributed by atoms with Crippen molar-refractivity contribution in [3.63, 3.8) is 0 Å². The number of para-hydroxylation sites is 2. The van der Waals surface area contributed by atoms with Crippen molar-refractivity contribution >= 4 is 27.5 Å². The molecule has 1 unspecified atom stereocenters. The van der Waals surface area contributed by atoms with Crippen LogP contribution in [0.1, 0.15) is 34.6 Å². The van der Waals surface area contributed by atoms with Gasteiger partial charge in [0.1, 0.15) is 12.4 Å². The summed E-state index contributed by atoms with van der Waals surface area (Å²) in [7, 11) is 0. The van der Waals surface area contributed by atoms with Crippen LogP contribution >= 0.6 is 11.3 Å². The number of benzene rings is 2. The molecule has 1 fully saturated rings. The van der Waals surface area contributed by atoms with Crippen molar-refractivity contribution in [2.45, 2.75) is 31.8 Å². The van der Waals surface area contributed by atoms with E-state index < -0.39 is 0 Å². The molecule has 1 aromatic heterocycles. The van der Waals surface area contributed by atoms with Gasteiger partial charge in [-0.3, -0.25) is 4.79 Å². The molecule has 3 aromatic rings. The lowest BCUT2D eigenvalue weighted by Gasteiger charge is -2.14. The molecule has 1 aliphatic heterocycles. The monoisotopic (exact) mass is 396 g/mol. The van der Waals surface area contributed by atoms with E-state index in [0.29, 0.717) is 24.5 Å². The zero-order valence-electron chi connectivity index (χ0n) is 15.7. The first kappa shape index (κ1) is 18.9. The Morgan fingerprint density at radius 1 is 1.21 bits per heavy atom. The maximum Gasteiger partial charge on any atom is 0.255 e. The first-order valence-corrected chi connectivity index (χ1v) is 10.6. The van der Waals surface area contributed by atoms with Gasteiger partial charge in [-0.25, -0.2) is 4.98 Å². The van der Waals surface area contributed by atoms with Gasteiger partial charge in [0.15, 0.2) is 0 Å². The van der Waals surface area contributed by atoms with Gasteiger partial charge in [0.2, 0.25) is 0 Å². The maximum absolute atomic E-state index is 12.6. The van der Waals surface area contributed by atoms with Crippen LogP contribution in [0.2, 0.25) is 0 Å². The van der Waals surface area contributed by atoms with E-state index in [9.17, 15) is 4.79 Å². The number of amides is 1. The molecular weight excluding hydrogens is 372 g/mol. The van der Waals surface area contributed by atoms with E-state index in [2.05, 4.69) is 16.4 Å². The minimum absolute atomic E-state index is 0.104. The van der Waals surface area contributed by atoms with Crippen LogP contribution in [0.4, 0.5) is 0 Å². The SMILES string of the molecule is O=C(NCCCc1nc2ccccc2s1)c1ccccc1OCC1CCCO1. The lowest BCUT2D eigenvalue weighted by molar-refractivity contribution is 0.0670. The highest BCUT2D eigenvalue weighted by Crippen LogP contribution is 2.23. The van der Waals surface area contributed by atoms with Gasteiger partial charge in [0.05, 0.1) is 26.9 Å². The molecule has 1 saturated heterocycles. The van der Waals surface area contributed by atoms with Crippen molar-refractivity contribution in [1.82, 2.24) is 10.3 Å². The molecule has 2 heterocycles. The summed E-state index contributed by atoms with van der Waals surface area (Å²) in [5, 5.41) is 4.11. The summed E-state index contributed by atoms with van der Waals surface area (Å²) in [6, 6.07) is 15.5. The predicted octanol–water partition coefficient (Wildman–Crippen LogP) is 4.22. The standard InChI is InChI=1S/C22H24N2O3S/c25-22(17-8-1-3-10-19(17)27-15-16-7-6-14-26-16)23-13-5-12-21-24-18-9-2-4-11-20(18)28-21/h1-4,8-11,16H,5-7,12-15H2,(H,23,25). The van der Waals surface area contributed by atoms with E-state index in [1.807, 2.05) is 36.4 Å². The zero-order valence-corrected chi connectivity index (χ0v) is 16.5. The largest absolute Gasteiger partial charge is 0.490 e. The molecule has 0 aliphatic carbocycles. The number of aromatic nitrogens is 1. The third-order valence-corrected chi connectivity index (χ3v) is 5.87. The van der Waals surface area contributed by atoms with Gasteiger partial charge in [-0.2, -0.15) is 0 Å². The molecule has 146 valence electrons. The van der Waals surface area contributed by atoms with Crippen molar-refractivity contribution < 1.29 is 14.3 Å². The highest BCUT2D eigenvalue weighted by Gasteiger charge is 2.18. The van der Waals surface area contributed by atoms with Gasteiger partial charge >= 0.3 is 0 Å². The van der Waals surface area contributed by atoms with Crippen molar-refractivity contribution in [3.05, 3.63) is 59.1 Å². The average molecular weight is 397 g/mol. The Morgan fingerprint density at radius 2 is 2.07 bits per heavy atom. The summed E-state index contributed by atoms with van der Waals surface area (Å²) >= 11 is 1.72. The van der Waals surface area contributed by atoms with Crippen molar-refractivity contribution in [2.75, 3.05) is 19.8 Å². The molecular formula is C22H24N2O3S. The topological polar surface area (TPSA) is 60.5 Å². The minimum atomic E-state index is -0.104. The Morgan fingerprint density at radius 3 is 2.93 bits per heavy atom. The number of nitrogens with zero attached hydrogens (tertiary/aromatic N) is 1. The third kappa shape index (κ3) is 4.69. The zero-order chi connectivity index (χ0) is 19.2. The second kappa shape index (κ2) is 9.17. The molecule has 6 heteroatoms. The van der Waals surface area contributed by atoms with E-state index in [1.165, 1.54) is 4.70 Å². The molecule has 0 spiro atoms. The first-order valence-electron chi connectivity index (χ1n) is 9.76.